The van der Waals surface area contributed by atoms with Crippen LogP contribution in [0.1, 0.15) is 101 Å². The van der Waals surface area contributed by atoms with Crippen molar-refractivity contribution in [3.05, 3.63) is 145 Å². The Morgan fingerprint density at radius 2 is 0.917 bits per heavy atom. The molecule has 1 heteroatoms. The molecule has 0 aliphatic heterocycles. The van der Waals surface area contributed by atoms with Crippen molar-refractivity contribution in [1.82, 2.24) is 0 Å². The minimum atomic E-state index is 0. The van der Waals surface area contributed by atoms with E-state index in [9.17, 15) is 0 Å². The molecule has 7 rings (SSSR count). The molecule has 0 bridgehead atoms. The number of fused-ring (bicyclic) bond motifs is 2. The first-order valence-electron chi connectivity index (χ1n) is 17.0. The first-order valence-corrected chi connectivity index (χ1v) is 17.0. The van der Waals surface area contributed by atoms with Crippen molar-refractivity contribution in [3.63, 3.8) is 0 Å². The van der Waals surface area contributed by atoms with Gasteiger partial charge in [-0.1, -0.05) is 114 Å². The predicted octanol–water partition coefficient (Wildman–Crippen LogP) is 13.7. The zero-order chi connectivity index (χ0) is 31.7. The average molecular weight is 797 g/mol. The topological polar surface area (TPSA) is 0 Å². The van der Waals surface area contributed by atoms with Crippen LogP contribution >= 0.6 is 0 Å². The molecule has 0 aromatic heterocycles. The van der Waals surface area contributed by atoms with E-state index in [-0.39, 0.29) is 56.9 Å². The molecule has 0 atom stereocenters. The van der Waals surface area contributed by atoms with Crippen molar-refractivity contribution >= 4 is 21.5 Å². The van der Waals surface area contributed by atoms with Gasteiger partial charge in [-0.15, -0.1) is 69.1 Å². The van der Waals surface area contributed by atoms with Gasteiger partial charge in [0.25, 0.3) is 0 Å². The summed E-state index contributed by atoms with van der Waals surface area (Å²) in [7, 11) is 0. The van der Waals surface area contributed by atoms with Crippen LogP contribution in [-0.2, 0) is 42.1 Å². The van der Waals surface area contributed by atoms with E-state index >= 15 is 0 Å². The molecule has 1 aliphatic carbocycles. The fourth-order valence-electron chi connectivity index (χ4n) is 8.08. The molecule has 6 aromatic rings. The molecule has 0 unspecified atom stereocenters. The Hall–Kier alpha value is -3.03. The minimum absolute atomic E-state index is 0. The standard InChI is InChI=1S/C45H48.2CH3.Hf/c1-29-23-33(43(3,4)5)17-19-37(29)39-15-11-13-31-25-35(27-41(31)39)45(21-9-10-22-45)36-26-32-14-12-16-40(42(32)28-36)38-20-18-34(24-30(38)2)44(6,7)8;;;/h11-20,23-28H,9-10,21-22H2,1-8H3;2*1H3;/q-2;2*-1;+4. The van der Waals surface area contributed by atoms with E-state index in [1.807, 2.05) is 0 Å². The second-order valence-electron chi connectivity index (χ2n) is 16.0. The van der Waals surface area contributed by atoms with Crippen LogP contribution in [0, 0.1) is 28.7 Å². The third-order valence-corrected chi connectivity index (χ3v) is 10.8. The summed E-state index contributed by atoms with van der Waals surface area (Å²) in [5, 5.41) is 5.49. The second-order valence-corrected chi connectivity index (χ2v) is 16.0. The summed E-state index contributed by atoms with van der Waals surface area (Å²) in [6, 6.07) is 38.0. The summed E-state index contributed by atoms with van der Waals surface area (Å²) in [4.78, 5) is 0. The van der Waals surface area contributed by atoms with E-state index < -0.39 is 0 Å². The smallest absolute Gasteiger partial charge is 0.358 e. The second kappa shape index (κ2) is 13.7. The van der Waals surface area contributed by atoms with E-state index in [2.05, 4.69) is 152 Å². The fourth-order valence-corrected chi connectivity index (χ4v) is 8.08. The molecule has 0 radical (unpaired) electrons. The molecule has 0 saturated heterocycles. The van der Waals surface area contributed by atoms with Crippen LogP contribution in [-0.4, -0.2) is 0 Å². The van der Waals surface area contributed by atoms with Gasteiger partial charge in [0.05, 0.1) is 0 Å². The molecule has 0 amide bonds. The number of aryl methyl sites for hydroxylation is 2. The summed E-state index contributed by atoms with van der Waals surface area (Å²) < 4.78 is 0. The largest absolute Gasteiger partial charge is 4.00 e. The zero-order valence-corrected chi connectivity index (χ0v) is 34.7. The van der Waals surface area contributed by atoms with Crippen molar-refractivity contribution < 1.29 is 25.8 Å². The van der Waals surface area contributed by atoms with Crippen LogP contribution in [0.25, 0.3) is 43.8 Å². The summed E-state index contributed by atoms with van der Waals surface area (Å²) in [5.74, 6) is 0. The Bertz CT molecular complexity index is 1900. The van der Waals surface area contributed by atoms with Crippen LogP contribution in [0.15, 0.2) is 97.1 Å². The summed E-state index contributed by atoms with van der Waals surface area (Å²) in [6.45, 7) is 18.3. The van der Waals surface area contributed by atoms with Crippen LogP contribution in [0.5, 0.6) is 0 Å². The predicted molar refractivity (Wildman–Crippen MR) is 209 cm³/mol. The Labute approximate surface area is 310 Å². The SMILES string of the molecule is Cc1cc(C(C)(C)C)ccc1-c1cccc2[cH-]c(C3(c4cc5c(-c6ccc(C(C)(C)C)cc6C)cccc5[cH-]4)CCCC3)cc12.[CH3-].[CH3-].[Hf+4]. The Morgan fingerprint density at radius 3 is 1.27 bits per heavy atom. The quantitative estimate of drug-likeness (QED) is 0.123. The van der Waals surface area contributed by atoms with Crippen molar-refractivity contribution in [2.24, 2.45) is 0 Å². The van der Waals surface area contributed by atoms with Gasteiger partial charge in [0.2, 0.25) is 0 Å². The van der Waals surface area contributed by atoms with Gasteiger partial charge in [-0.25, -0.2) is 0 Å². The van der Waals surface area contributed by atoms with E-state index in [0.29, 0.717) is 0 Å². The molecular formula is C47H54Hf. The molecule has 246 valence electrons. The Morgan fingerprint density at radius 1 is 0.521 bits per heavy atom. The Balaban J connectivity index is 0.00000173. The summed E-state index contributed by atoms with van der Waals surface area (Å²) >= 11 is 0. The van der Waals surface area contributed by atoms with Gasteiger partial charge in [-0.05, 0) is 76.3 Å². The van der Waals surface area contributed by atoms with Crippen LogP contribution in [0.2, 0.25) is 0 Å². The maximum Gasteiger partial charge on any atom is 4.00 e. The molecule has 1 aliphatic rings. The van der Waals surface area contributed by atoms with Crippen LogP contribution < -0.4 is 0 Å². The Kier molecular flexibility index (Phi) is 10.8. The number of rotatable bonds is 4. The van der Waals surface area contributed by atoms with Crippen molar-refractivity contribution in [2.75, 3.05) is 0 Å². The third-order valence-electron chi connectivity index (χ3n) is 10.8. The number of hydrogen-bond donors (Lipinski definition) is 0. The number of hydrogen-bond acceptors (Lipinski definition) is 0. The van der Waals surface area contributed by atoms with Gasteiger partial charge in [-0.2, -0.15) is 12.1 Å². The van der Waals surface area contributed by atoms with E-state index in [4.69, 9.17) is 0 Å². The van der Waals surface area contributed by atoms with Crippen molar-refractivity contribution in [1.29, 1.82) is 0 Å². The maximum atomic E-state index is 2.54. The zero-order valence-electron chi connectivity index (χ0n) is 31.1. The molecule has 1 fully saturated rings. The van der Waals surface area contributed by atoms with E-state index in [1.165, 1.54) is 103 Å². The van der Waals surface area contributed by atoms with Gasteiger partial charge in [0.15, 0.2) is 0 Å². The van der Waals surface area contributed by atoms with Gasteiger partial charge >= 0.3 is 25.8 Å². The number of benzene rings is 4. The molecule has 1 saturated carbocycles. The molecule has 48 heavy (non-hydrogen) atoms. The van der Waals surface area contributed by atoms with Gasteiger partial charge < -0.3 is 14.9 Å². The summed E-state index contributed by atoms with van der Waals surface area (Å²) in [5.41, 5.74) is 14.3. The summed E-state index contributed by atoms with van der Waals surface area (Å²) in [6.07, 6.45) is 4.98. The normalized spacial score (nSPS) is 14.4. The van der Waals surface area contributed by atoms with Gasteiger partial charge in [0.1, 0.15) is 0 Å². The molecule has 0 nitrogen and oxygen atoms in total. The minimum Gasteiger partial charge on any atom is -0.358 e. The van der Waals surface area contributed by atoms with Crippen molar-refractivity contribution in [2.45, 2.75) is 97.3 Å². The molecule has 0 heterocycles. The van der Waals surface area contributed by atoms with Crippen LogP contribution in [0.4, 0.5) is 0 Å². The van der Waals surface area contributed by atoms with E-state index in [1.54, 1.807) is 0 Å². The maximum absolute atomic E-state index is 2.54. The molecule has 0 spiro atoms. The molecule has 0 N–H and O–H groups in total. The van der Waals surface area contributed by atoms with Gasteiger partial charge in [0, 0.05) is 0 Å². The monoisotopic (exact) mass is 798 g/mol. The van der Waals surface area contributed by atoms with Crippen LogP contribution in [0.3, 0.4) is 0 Å². The first kappa shape index (κ1) is 37.8. The molecular weight excluding hydrogens is 743 g/mol. The fraction of sp³-hybridized carbons (Fsp3) is 0.319. The molecule has 6 aromatic carbocycles. The average Bonchev–Trinajstić information content (AvgIpc) is 3.74. The third kappa shape index (κ3) is 6.49. The van der Waals surface area contributed by atoms with Gasteiger partial charge in [-0.3, -0.25) is 0 Å². The van der Waals surface area contributed by atoms with E-state index in [0.717, 1.165) is 0 Å². The first-order chi connectivity index (χ1) is 21.3. The van der Waals surface area contributed by atoms with Crippen molar-refractivity contribution in [3.8, 4) is 22.3 Å².